The first-order valence-electron chi connectivity index (χ1n) is 5.95. The zero-order valence-electron chi connectivity index (χ0n) is 10.8. The van der Waals surface area contributed by atoms with E-state index in [-0.39, 0.29) is 11.5 Å². The Kier molecular flexibility index (Phi) is 3.91. The Morgan fingerprint density at radius 3 is 2.90 bits per heavy atom. The van der Waals surface area contributed by atoms with Crippen LogP contribution in [0, 0.1) is 28.4 Å². The minimum absolute atomic E-state index is 0.0629. The third kappa shape index (κ3) is 3.09. The Bertz CT molecular complexity index is 692. The predicted octanol–water partition coefficient (Wildman–Crippen LogP) is 2.78. The summed E-state index contributed by atoms with van der Waals surface area (Å²) >= 11 is 0. The first-order valence-corrected chi connectivity index (χ1v) is 5.95. The van der Waals surface area contributed by atoms with Crippen molar-refractivity contribution in [2.75, 3.05) is 5.32 Å². The van der Waals surface area contributed by atoms with Gasteiger partial charge in [-0.05, 0) is 30.7 Å². The van der Waals surface area contributed by atoms with Gasteiger partial charge in [-0.1, -0.05) is 12.1 Å². The third-order valence-corrected chi connectivity index (χ3v) is 2.73. The van der Waals surface area contributed by atoms with Crippen molar-refractivity contribution >= 4 is 11.5 Å². The zero-order valence-corrected chi connectivity index (χ0v) is 10.8. The largest absolute Gasteiger partial charge is 0.360 e. The van der Waals surface area contributed by atoms with Crippen LogP contribution in [0.5, 0.6) is 0 Å². The Hall–Kier alpha value is -2.94. The molecule has 0 radical (unpaired) electrons. The highest BCUT2D eigenvalue weighted by atomic mass is 16.6. The number of nitrogens with one attached hydrogen (secondary N) is 1. The summed E-state index contributed by atoms with van der Waals surface area (Å²) in [4.78, 5) is 14.6. The molecule has 0 amide bonds. The fraction of sp³-hybridized carbons (Fsp3) is 0.143. The monoisotopic (exact) mass is 268 g/mol. The predicted molar refractivity (Wildman–Crippen MR) is 74.1 cm³/mol. The quantitative estimate of drug-likeness (QED) is 0.680. The van der Waals surface area contributed by atoms with Gasteiger partial charge < -0.3 is 5.32 Å². The van der Waals surface area contributed by atoms with E-state index < -0.39 is 4.92 Å². The number of pyridine rings is 1. The molecule has 0 saturated carbocycles. The van der Waals surface area contributed by atoms with E-state index in [0.717, 1.165) is 5.56 Å². The van der Waals surface area contributed by atoms with Crippen molar-refractivity contribution in [3.63, 3.8) is 0 Å². The van der Waals surface area contributed by atoms with Crippen LogP contribution in [0.1, 0.15) is 16.8 Å². The first-order chi connectivity index (χ1) is 9.60. The maximum absolute atomic E-state index is 10.9. The molecule has 2 aromatic rings. The second-order valence-corrected chi connectivity index (χ2v) is 4.24. The number of nitriles is 1. The zero-order chi connectivity index (χ0) is 14.5. The van der Waals surface area contributed by atoms with E-state index in [1.54, 1.807) is 31.2 Å². The number of aryl methyl sites for hydroxylation is 1. The molecular formula is C14H12N4O2. The van der Waals surface area contributed by atoms with Gasteiger partial charge in [0.25, 0.3) is 0 Å². The Labute approximate surface area is 115 Å². The molecule has 0 spiro atoms. The van der Waals surface area contributed by atoms with Crippen LogP contribution in [0.15, 0.2) is 36.4 Å². The normalized spacial score (nSPS) is 9.80. The molecule has 0 aliphatic heterocycles. The van der Waals surface area contributed by atoms with E-state index in [9.17, 15) is 10.1 Å². The maximum atomic E-state index is 10.9. The number of rotatable bonds is 4. The van der Waals surface area contributed by atoms with Gasteiger partial charge in [0, 0.05) is 18.3 Å². The van der Waals surface area contributed by atoms with Crippen molar-refractivity contribution in [3.8, 4) is 6.07 Å². The average Bonchev–Trinajstić information content (AvgIpc) is 2.45. The molecule has 0 aliphatic rings. The molecule has 1 N–H and O–H groups in total. The molecule has 100 valence electrons. The van der Waals surface area contributed by atoms with Crippen LogP contribution in [-0.2, 0) is 6.54 Å². The summed E-state index contributed by atoms with van der Waals surface area (Å²) in [7, 11) is 0. The van der Waals surface area contributed by atoms with Gasteiger partial charge in [0.1, 0.15) is 0 Å². The van der Waals surface area contributed by atoms with E-state index in [0.29, 0.717) is 17.8 Å². The number of nitro groups is 1. The van der Waals surface area contributed by atoms with E-state index in [1.165, 1.54) is 6.07 Å². The molecule has 1 aromatic heterocycles. The molecule has 0 atom stereocenters. The number of anilines is 1. The van der Waals surface area contributed by atoms with Gasteiger partial charge in [-0.25, -0.2) is 4.98 Å². The highest BCUT2D eigenvalue weighted by molar-refractivity contribution is 5.56. The van der Waals surface area contributed by atoms with Crippen molar-refractivity contribution in [2.24, 2.45) is 0 Å². The van der Waals surface area contributed by atoms with Gasteiger partial charge in [-0.2, -0.15) is 5.26 Å². The van der Waals surface area contributed by atoms with E-state index in [4.69, 9.17) is 5.26 Å². The van der Waals surface area contributed by atoms with Gasteiger partial charge in [0.2, 0.25) is 5.82 Å². The van der Waals surface area contributed by atoms with Crippen molar-refractivity contribution in [1.29, 1.82) is 5.26 Å². The first kappa shape index (κ1) is 13.5. The molecule has 1 heterocycles. The highest BCUT2D eigenvalue weighted by Crippen LogP contribution is 2.22. The SMILES string of the molecule is Cc1ccc([N+](=O)[O-])c(NCc2cccc(C#N)c2)n1. The van der Waals surface area contributed by atoms with Crippen molar-refractivity contribution in [2.45, 2.75) is 13.5 Å². The molecule has 2 rings (SSSR count). The van der Waals surface area contributed by atoms with Crippen molar-refractivity contribution in [1.82, 2.24) is 4.98 Å². The molecule has 0 unspecified atom stereocenters. The van der Waals surface area contributed by atoms with E-state index in [2.05, 4.69) is 16.4 Å². The molecule has 20 heavy (non-hydrogen) atoms. The topological polar surface area (TPSA) is 91.9 Å². The van der Waals surface area contributed by atoms with Crippen LogP contribution in [-0.4, -0.2) is 9.91 Å². The summed E-state index contributed by atoms with van der Waals surface area (Å²) in [6.45, 7) is 2.14. The molecule has 0 bridgehead atoms. The number of benzene rings is 1. The van der Waals surface area contributed by atoms with Crippen LogP contribution in [0.3, 0.4) is 0 Å². The molecule has 0 saturated heterocycles. The summed E-state index contributed by atoms with van der Waals surface area (Å²) < 4.78 is 0. The molecule has 0 fully saturated rings. The number of hydrogen-bond acceptors (Lipinski definition) is 5. The Morgan fingerprint density at radius 2 is 2.20 bits per heavy atom. The summed E-state index contributed by atoms with van der Waals surface area (Å²) in [5.74, 6) is 0.234. The van der Waals surface area contributed by atoms with Crippen LogP contribution in [0.2, 0.25) is 0 Å². The average molecular weight is 268 g/mol. The maximum Gasteiger partial charge on any atom is 0.311 e. The van der Waals surface area contributed by atoms with Crippen molar-refractivity contribution < 1.29 is 4.92 Å². The fourth-order valence-corrected chi connectivity index (χ4v) is 1.76. The van der Waals surface area contributed by atoms with Crippen LogP contribution in [0.25, 0.3) is 0 Å². The second-order valence-electron chi connectivity index (χ2n) is 4.24. The second kappa shape index (κ2) is 5.80. The van der Waals surface area contributed by atoms with Gasteiger partial charge in [-0.15, -0.1) is 0 Å². The molecule has 6 heteroatoms. The minimum Gasteiger partial charge on any atom is -0.360 e. The lowest BCUT2D eigenvalue weighted by Crippen LogP contribution is -2.05. The van der Waals surface area contributed by atoms with Crippen LogP contribution < -0.4 is 5.32 Å². The van der Waals surface area contributed by atoms with E-state index >= 15 is 0 Å². The lowest BCUT2D eigenvalue weighted by Gasteiger charge is -2.07. The van der Waals surface area contributed by atoms with Gasteiger partial charge in [0.05, 0.1) is 16.6 Å². The lowest BCUT2D eigenvalue weighted by molar-refractivity contribution is -0.384. The summed E-state index contributed by atoms with van der Waals surface area (Å²) in [5.41, 5.74) is 2.05. The van der Waals surface area contributed by atoms with Gasteiger partial charge >= 0.3 is 5.69 Å². The Balaban J connectivity index is 2.20. The molecule has 0 aliphatic carbocycles. The minimum atomic E-state index is -0.472. The standard InChI is InChI=1S/C14H12N4O2/c1-10-5-6-13(18(19)20)14(17-10)16-9-12-4-2-3-11(7-12)8-15/h2-7H,9H2,1H3,(H,16,17). The van der Waals surface area contributed by atoms with Gasteiger partial charge in [0.15, 0.2) is 0 Å². The van der Waals surface area contributed by atoms with Crippen LogP contribution in [0.4, 0.5) is 11.5 Å². The molecule has 6 nitrogen and oxygen atoms in total. The number of aromatic nitrogens is 1. The lowest BCUT2D eigenvalue weighted by atomic mass is 10.1. The summed E-state index contributed by atoms with van der Waals surface area (Å²) in [6, 6.07) is 12.1. The summed E-state index contributed by atoms with van der Waals surface area (Å²) in [5, 5.41) is 22.7. The highest BCUT2D eigenvalue weighted by Gasteiger charge is 2.14. The Morgan fingerprint density at radius 1 is 1.40 bits per heavy atom. The summed E-state index contributed by atoms with van der Waals surface area (Å²) in [6.07, 6.45) is 0. The van der Waals surface area contributed by atoms with Gasteiger partial charge in [-0.3, -0.25) is 10.1 Å². The van der Waals surface area contributed by atoms with Crippen molar-refractivity contribution in [3.05, 3.63) is 63.3 Å². The molecular weight excluding hydrogens is 256 g/mol. The third-order valence-electron chi connectivity index (χ3n) is 2.73. The number of hydrogen-bond donors (Lipinski definition) is 1. The fourth-order valence-electron chi connectivity index (χ4n) is 1.76. The van der Waals surface area contributed by atoms with Crippen LogP contribution >= 0.6 is 0 Å². The number of nitrogens with zero attached hydrogens (tertiary/aromatic N) is 3. The smallest absolute Gasteiger partial charge is 0.311 e. The van der Waals surface area contributed by atoms with E-state index in [1.807, 2.05) is 6.07 Å². The molecule has 1 aromatic carbocycles.